The summed E-state index contributed by atoms with van der Waals surface area (Å²) in [6.07, 6.45) is 4.53. The van der Waals surface area contributed by atoms with E-state index in [9.17, 15) is 4.79 Å². The third-order valence-electron chi connectivity index (χ3n) is 4.11. The zero-order chi connectivity index (χ0) is 17.5. The van der Waals surface area contributed by atoms with Crippen molar-refractivity contribution >= 4 is 17.5 Å². The molecule has 4 nitrogen and oxygen atoms in total. The van der Waals surface area contributed by atoms with Crippen LogP contribution in [0.5, 0.6) is 0 Å². The average molecular weight is 354 g/mol. The Kier molecular flexibility index (Phi) is 5.86. The fraction of sp³-hybridized carbons (Fsp3) is 0.200. The Bertz CT molecular complexity index is 803. The molecule has 0 bridgehead atoms. The summed E-state index contributed by atoms with van der Waals surface area (Å²) in [4.78, 5) is 19.5. The second kappa shape index (κ2) is 8.49. The number of nitrogens with one attached hydrogen (secondary N) is 2. The first kappa shape index (κ1) is 17.2. The van der Waals surface area contributed by atoms with Crippen LogP contribution in [0.3, 0.4) is 0 Å². The summed E-state index contributed by atoms with van der Waals surface area (Å²) in [5, 5.41) is 3.66. The Balaban J connectivity index is 1.68. The van der Waals surface area contributed by atoms with Gasteiger partial charge in [-0.15, -0.1) is 0 Å². The Morgan fingerprint density at radius 3 is 2.64 bits per heavy atom. The molecule has 1 heterocycles. The van der Waals surface area contributed by atoms with E-state index in [1.807, 2.05) is 54.6 Å². The van der Waals surface area contributed by atoms with Crippen LogP contribution in [0, 0.1) is 0 Å². The molecule has 1 atom stereocenters. The molecule has 0 saturated carbocycles. The predicted octanol–water partition coefficient (Wildman–Crippen LogP) is 3.94. The molecule has 0 aliphatic heterocycles. The van der Waals surface area contributed by atoms with E-state index in [1.165, 1.54) is 0 Å². The van der Waals surface area contributed by atoms with Gasteiger partial charge in [0.25, 0.3) is 0 Å². The molecule has 3 aromatic rings. The first-order valence-electron chi connectivity index (χ1n) is 8.27. The number of aromatic nitrogens is 2. The maximum absolute atomic E-state index is 12.4. The van der Waals surface area contributed by atoms with Crippen LogP contribution in [0.2, 0.25) is 5.02 Å². The van der Waals surface area contributed by atoms with E-state index in [0.29, 0.717) is 18.0 Å². The molecule has 0 aliphatic rings. The molecule has 1 amide bonds. The topological polar surface area (TPSA) is 57.8 Å². The van der Waals surface area contributed by atoms with Gasteiger partial charge in [0, 0.05) is 42.2 Å². The van der Waals surface area contributed by atoms with E-state index in [1.54, 1.807) is 12.5 Å². The lowest BCUT2D eigenvalue weighted by molar-refractivity contribution is -0.121. The van der Waals surface area contributed by atoms with Crippen molar-refractivity contribution < 1.29 is 4.79 Å². The van der Waals surface area contributed by atoms with Crippen molar-refractivity contribution in [3.8, 4) is 0 Å². The summed E-state index contributed by atoms with van der Waals surface area (Å²) >= 11 is 6.14. The number of imidazole rings is 1. The number of H-pyrrole nitrogens is 1. The first-order chi connectivity index (χ1) is 12.2. The minimum Gasteiger partial charge on any atom is -0.356 e. The van der Waals surface area contributed by atoms with E-state index in [-0.39, 0.29) is 11.8 Å². The van der Waals surface area contributed by atoms with Crippen LogP contribution in [-0.2, 0) is 11.2 Å². The third-order valence-corrected chi connectivity index (χ3v) is 4.35. The lowest BCUT2D eigenvalue weighted by Crippen LogP contribution is -2.27. The van der Waals surface area contributed by atoms with Gasteiger partial charge in [-0.05, 0) is 23.3 Å². The standard InChI is InChI=1S/C20H20ClN3O/c21-17-8-4-7-16(11-17)19(15-5-2-1-3-6-15)12-20(25)23-10-9-18-13-22-14-24-18/h1-8,11,13-14,19H,9-10,12H2,(H,22,24)(H,23,25)/t19-/m1/s1. The number of hydrogen-bond acceptors (Lipinski definition) is 2. The quantitative estimate of drug-likeness (QED) is 0.675. The first-order valence-corrected chi connectivity index (χ1v) is 8.64. The summed E-state index contributed by atoms with van der Waals surface area (Å²) in [6, 6.07) is 17.8. The number of amides is 1. The van der Waals surface area contributed by atoms with Gasteiger partial charge in [0.1, 0.15) is 0 Å². The molecule has 0 aliphatic carbocycles. The molecular weight excluding hydrogens is 334 g/mol. The smallest absolute Gasteiger partial charge is 0.220 e. The van der Waals surface area contributed by atoms with E-state index in [0.717, 1.165) is 23.2 Å². The maximum Gasteiger partial charge on any atom is 0.220 e. The van der Waals surface area contributed by atoms with Crippen molar-refractivity contribution in [1.29, 1.82) is 0 Å². The van der Waals surface area contributed by atoms with E-state index in [2.05, 4.69) is 15.3 Å². The number of carbonyl (C=O) groups excluding carboxylic acids is 1. The van der Waals surface area contributed by atoms with Crippen molar-refractivity contribution in [2.45, 2.75) is 18.8 Å². The molecule has 0 fully saturated rings. The second-order valence-corrected chi connectivity index (χ2v) is 6.34. The Morgan fingerprint density at radius 2 is 1.92 bits per heavy atom. The number of halogens is 1. The third kappa shape index (κ3) is 4.94. The lowest BCUT2D eigenvalue weighted by Gasteiger charge is -2.18. The van der Waals surface area contributed by atoms with Crippen LogP contribution in [0.4, 0.5) is 0 Å². The molecule has 3 rings (SSSR count). The second-order valence-electron chi connectivity index (χ2n) is 5.90. The van der Waals surface area contributed by atoms with Crippen LogP contribution >= 0.6 is 11.6 Å². The van der Waals surface area contributed by atoms with Crippen LogP contribution in [0.25, 0.3) is 0 Å². The zero-order valence-electron chi connectivity index (χ0n) is 13.8. The van der Waals surface area contributed by atoms with Crippen LogP contribution in [-0.4, -0.2) is 22.4 Å². The van der Waals surface area contributed by atoms with Gasteiger partial charge >= 0.3 is 0 Å². The van der Waals surface area contributed by atoms with Crippen LogP contribution in [0.15, 0.2) is 67.1 Å². The molecular formula is C20H20ClN3O. The molecule has 25 heavy (non-hydrogen) atoms. The van der Waals surface area contributed by atoms with Gasteiger partial charge < -0.3 is 10.3 Å². The molecule has 0 unspecified atom stereocenters. The van der Waals surface area contributed by atoms with E-state index in [4.69, 9.17) is 11.6 Å². The highest BCUT2D eigenvalue weighted by Crippen LogP contribution is 2.29. The molecule has 1 aromatic heterocycles. The number of hydrogen-bond donors (Lipinski definition) is 2. The van der Waals surface area contributed by atoms with Gasteiger partial charge in [-0.3, -0.25) is 4.79 Å². The lowest BCUT2D eigenvalue weighted by atomic mass is 9.88. The molecule has 128 valence electrons. The predicted molar refractivity (Wildman–Crippen MR) is 99.7 cm³/mol. The molecule has 2 aromatic carbocycles. The Labute approximate surface area is 152 Å². The molecule has 5 heteroatoms. The van der Waals surface area contributed by atoms with Gasteiger partial charge in [-0.1, -0.05) is 54.1 Å². The summed E-state index contributed by atoms with van der Waals surface area (Å²) in [5.41, 5.74) is 3.16. The minimum atomic E-state index is -0.0212. The fourth-order valence-corrected chi connectivity index (χ4v) is 3.05. The number of aromatic amines is 1. The highest BCUT2D eigenvalue weighted by molar-refractivity contribution is 6.30. The zero-order valence-corrected chi connectivity index (χ0v) is 14.5. The highest BCUT2D eigenvalue weighted by atomic mass is 35.5. The van der Waals surface area contributed by atoms with Crippen molar-refractivity contribution in [2.75, 3.05) is 6.54 Å². The van der Waals surface area contributed by atoms with Gasteiger partial charge in [-0.2, -0.15) is 0 Å². The molecule has 0 radical (unpaired) electrons. The largest absolute Gasteiger partial charge is 0.356 e. The molecule has 0 saturated heterocycles. The van der Waals surface area contributed by atoms with Gasteiger partial charge in [0.15, 0.2) is 0 Å². The van der Waals surface area contributed by atoms with Crippen LogP contribution in [0.1, 0.15) is 29.2 Å². The van der Waals surface area contributed by atoms with E-state index >= 15 is 0 Å². The van der Waals surface area contributed by atoms with E-state index < -0.39 is 0 Å². The number of carbonyl (C=O) groups is 1. The maximum atomic E-state index is 12.4. The average Bonchev–Trinajstić information content (AvgIpc) is 3.14. The Morgan fingerprint density at radius 1 is 1.12 bits per heavy atom. The van der Waals surface area contributed by atoms with Gasteiger partial charge in [0.05, 0.1) is 6.33 Å². The summed E-state index contributed by atoms with van der Waals surface area (Å²) in [6.45, 7) is 0.581. The number of rotatable bonds is 7. The van der Waals surface area contributed by atoms with Crippen molar-refractivity contribution in [3.63, 3.8) is 0 Å². The fourth-order valence-electron chi connectivity index (χ4n) is 2.85. The SMILES string of the molecule is O=C(C[C@H](c1ccccc1)c1cccc(Cl)c1)NCCc1cnc[nH]1. The van der Waals surface area contributed by atoms with Crippen molar-refractivity contribution in [3.05, 3.63) is 89.0 Å². The monoisotopic (exact) mass is 353 g/mol. The summed E-state index contributed by atoms with van der Waals surface area (Å²) in [7, 11) is 0. The van der Waals surface area contributed by atoms with Gasteiger partial charge in [0.2, 0.25) is 5.91 Å². The van der Waals surface area contributed by atoms with Crippen LogP contribution < -0.4 is 5.32 Å². The summed E-state index contributed by atoms with van der Waals surface area (Å²) < 4.78 is 0. The summed E-state index contributed by atoms with van der Waals surface area (Å²) in [5.74, 6) is 0.000369. The normalized spacial score (nSPS) is 11.9. The van der Waals surface area contributed by atoms with Crippen molar-refractivity contribution in [1.82, 2.24) is 15.3 Å². The van der Waals surface area contributed by atoms with Gasteiger partial charge in [-0.25, -0.2) is 4.98 Å². The number of benzene rings is 2. The Hall–Kier alpha value is -2.59. The highest BCUT2D eigenvalue weighted by Gasteiger charge is 2.18. The molecule has 0 spiro atoms. The minimum absolute atomic E-state index is 0.0212. The molecule has 2 N–H and O–H groups in total. The van der Waals surface area contributed by atoms with Crippen molar-refractivity contribution in [2.24, 2.45) is 0 Å². The number of nitrogens with zero attached hydrogens (tertiary/aromatic N) is 1.